The van der Waals surface area contributed by atoms with Crippen molar-refractivity contribution in [2.45, 2.75) is 37.6 Å². The standard InChI is InChI=1S/C14H22N2/c1-16(2)13-7-5-12(6-8-13)11-14(15)9-3-4-10-14/h5-8H,3-4,9-11,15H2,1-2H3. The minimum atomic E-state index is 0.0691. The first-order valence-electron chi connectivity index (χ1n) is 6.14. The summed E-state index contributed by atoms with van der Waals surface area (Å²) in [5.74, 6) is 0. The second-order valence-corrected chi connectivity index (χ2v) is 5.31. The predicted octanol–water partition coefficient (Wildman–Crippen LogP) is 2.57. The third kappa shape index (κ3) is 2.56. The van der Waals surface area contributed by atoms with E-state index in [0.29, 0.717) is 0 Å². The Morgan fingerprint density at radius 3 is 2.19 bits per heavy atom. The first kappa shape index (κ1) is 11.5. The van der Waals surface area contributed by atoms with Gasteiger partial charge in [0.2, 0.25) is 0 Å². The summed E-state index contributed by atoms with van der Waals surface area (Å²) in [5.41, 5.74) is 9.07. The molecule has 16 heavy (non-hydrogen) atoms. The lowest BCUT2D eigenvalue weighted by Crippen LogP contribution is -2.38. The molecule has 0 amide bonds. The van der Waals surface area contributed by atoms with Crippen LogP contribution in [0.5, 0.6) is 0 Å². The summed E-state index contributed by atoms with van der Waals surface area (Å²) in [5, 5.41) is 0. The number of hydrogen-bond acceptors (Lipinski definition) is 2. The fourth-order valence-corrected chi connectivity index (χ4v) is 2.57. The van der Waals surface area contributed by atoms with Crippen molar-refractivity contribution < 1.29 is 0 Å². The summed E-state index contributed by atoms with van der Waals surface area (Å²) in [6, 6.07) is 8.77. The Kier molecular flexibility index (Phi) is 3.20. The van der Waals surface area contributed by atoms with Crippen LogP contribution < -0.4 is 10.6 Å². The van der Waals surface area contributed by atoms with Gasteiger partial charge in [-0.1, -0.05) is 25.0 Å². The van der Waals surface area contributed by atoms with Crippen LogP contribution in [0.1, 0.15) is 31.2 Å². The second-order valence-electron chi connectivity index (χ2n) is 5.31. The summed E-state index contributed by atoms with van der Waals surface area (Å²) < 4.78 is 0. The lowest BCUT2D eigenvalue weighted by molar-refractivity contribution is 0.436. The molecule has 88 valence electrons. The summed E-state index contributed by atoms with van der Waals surface area (Å²) in [7, 11) is 4.13. The molecule has 0 spiro atoms. The quantitative estimate of drug-likeness (QED) is 0.845. The molecule has 0 saturated heterocycles. The van der Waals surface area contributed by atoms with Gasteiger partial charge < -0.3 is 10.6 Å². The predicted molar refractivity (Wildman–Crippen MR) is 69.9 cm³/mol. The van der Waals surface area contributed by atoms with Crippen molar-refractivity contribution in [1.82, 2.24) is 0 Å². The van der Waals surface area contributed by atoms with E-state index in [0.717, 1.165) is 6.42 Å². The first-order valence-corrected chi connectivity index (χ1v) is 6.14. The van der Waals surface area contributed by atoms with Crippen LogP contribution in [0.2, 0.25) is 0 Å². The van der Waals surface area contributed by atoms with Crippen molar-refractivity contribution in [2.75, 3.05) is 19.0 Å². The van der Waals surface area contributed by atoms with E-state index < -0.39 is 0 Å². The van der Waals surface area contributed by atoms with E-state index >= 15 is 0 Å². The van der Waals surface area contributed by atoms with Gasteiger partial charge in [0, 0.05) is 25.3 Å². The van der Waals surface area contributed by atoms with E-state index in [-0.39, 0.29) is 5.54 Å². The van der Waals surface area contributed by atoms with Crippen molar-refractivity contribution in [2.24, 2.45) is 5.73 Å². The molecule has 0 aliphatic heterocycles. The van der Waals surface area contributed by atoms with Crippen molar-refractivity contribution in [1.29, 1.82) is 0 Å². The summed E-state index contributed by atoms with van der Waals surface area (Å²) in [4.78, 5) is 2.12. The van der Waals surface area contributed by atoms with E-state index in [1.54, 1.807) is 0 Å². The molecule has 0 atom stereocenters. The van der Waals surface area contributed by atoms with E-state index in [1.165, 1.54) is 36.9 Å². The zero-order chi connectivity index (χ0) is 11.6. The van der Waals surface area contributed by atoms with Gasteiger partial charge in [-0.15, -0.1) is 0 Å². The molecule has 1 aliphatic carbocycles. The second kappa shape index (κ2) is 4.46. The molecule has 1 aliphatic rings. The molecule has 0 heterocycles. The minimum Gasteiger partial charge on any atom is -0.378 e. The van der Waals surface area contributed by atoms with Crippen LogP contribution in [0.25, 0.3) is 0 Å². The average Bonchev–Trinajstić information content (AvgIpc) is 2.65. The molecule has 2 N–H and O–H groups in total. The Balaban J connectivity index is 2.05. The summed E-state index contributed by atoms with van der Waals surface area (Å²) >= 11 is 0. The molecule has 1 aromatic carbocycles. The summed E-state index contributed by atoms with van der Waals surface area (Å²) in [6.45, 7) is 0. The van der Waals surface area contributed by atoms with Gasteiger partial charge in [-0.05, 0) is 37.0 Å². The Morgan fingerprint density at radius 1 is 1.12 bits per heavy atom. The number of hydrogen-bond donors (Lipinski definition) is 1. The molecule has 0 unspecified atom stereocenters. The van der Waals surface area contributed by atoms with E-state index in [2.05, 4.69) is 43.3 Å². The monoisotopic (exact) mass is 218 g/mol. The average molecular weight is 218 g/mol. The van der Waals surface area contributed by atoms with Gasteiger partial charge in [-0.2, -0.15) is 0 Å². The van der Waals surface area contributed by atoms with Crippen molar-refractivity contribution in [3.8, 4) is 0 Å². The van der Waals surface area contributed by atoms with Gasteiger partial charge in [0.25, 0.3) is 0 Å². The molecule has 0 aromatic heterocycles. The molecule has 1 saturated carbocycles. The van der Waals surface area contributed by atoms with Crippen LogP contribution >= 0.6 is 0 Å². The molecular formula is C14H22N2. The molecular weight excluding hydrogens is 196 g/mol. The largest absolute Gasteiger partial charge is 0.378 e. The molecule has 0 bridgehead atoms. The van der Waals surface area contributed by atoms with Crippen LogP contribution in [0.3, 0.4) is 0 Å². The highest BCUT2D eigenvalue weighted by Crippen LogP contribution is 2.30. The normalized spacial score (nSPS) is 18.7. The van der Waals surface area contributed by atoms with Crippen molar-refractivity contribution in [3.05, 3.63) is 29.8 Å². The Bertz CT molecular complexity index is 334. The van der Waals surface area contributed by atoms with Crippen molar-refractivity contribution >= 4 is 5.69 Å². The van der Waals surface area contributed by atoms with Gasteiger partial charge in [0.05, 0.1) is 0 Å². The van der Waals surface area contributed by atoms with Crippen LogP contribution in [-0.4, -0.2) is 19.6 Å². The maximum absolute atomic E-state index is 6.38. The molecule has 0 radical (unpaired) electrons. The van der Waals surface area contributed by atoms with Crippen LogP contribution in [0, 0.1) is 0 Å². The highest BCUT2D eigenvalue weighted by molar-refractivity contribution is 5.46. The fraction of sp³-hybridized carbons (Fsp3) is 0.571. The van der Waals surface area contributed by atoms with Crippen molar-refractivity contribution in [3.63, 3.8) is 0 Å². The lowest BCUT2D eigenvalue weighted by atomic mass is 9.90. The molecule has 2 rings (SSSR count). The fourth-order valence-electron chi connectivity index (χ4n) is 2.57. The van der Waals surface area contributed by atoms with Gasteiger partial charge in [-0.3, -0.25) is 0 Å². The highest BCUT2D eigenvalue weighted by atomic mass is 15.1. The van der Waals surface area contributed by atoms with Gasteiger partial charge >= 0.3 is 0 Å². The van der Waals surface area contributed by atoms with Gasteiger partial charge in [-0.25, -0.2) is 0 Å². The minimum absolute atomic E-state index is 0.0691. The summed E-state index contributed by atoms with van der Waals surface area (Å²) in [6.07, 6.45) is 5.99. The third-order valence-electron chi connectivity index (χ3n) is 3.61. The lowest BCUT2D eigenvalue weighted by Gasteiger charge is -2.23. The number of nitrogens with two attached hydrogens (primary N) is 1. The first-order chi connectivity index (χ1) is 7.59. The Morgan fingerprint density at radius 2 is 1.69 bits per heavy atom. The zero-order valence-electron chi connectivity index (χ0n) is 10.4. The number of nitrogens with zero attached hydrogens (tertiary/aromatic N) is 1. The molecule has 2 heteroatoms. The maximum Gasteiger partial charge on any atom is 0.0361 e. The Labute approximate surface area is 98.4 Å². The van der Waals surface area contributed by atoms with E-state index in [4.69, 9.17) is 5.73 Å². The zero-order valence-corrected chi connectivity index (χ0v) is 10.4. The van der Waals surface area contributed by atoms with Crippen LogP contribution in [0.15, 0.2) is 24.3 Å². The SMILES string of the molecule is CN(C)c1ccc(CC2(N)CCCC2)cc1. The molecule has 1 fully saturated rings. The van der Waals surface area contributed by atoms with Gasteiger partial charge in [0.1, 0.15) is 0 Å². The Hall–Kier alpha value is -1.02. The maximum atomic E-state index is 6.38. The highest BCUT2D eigenvalue weighted by Gasteiger charge is 2.29. The number of anilines is 1. The topological polar surface area (TPSA) is 29.3 Å². The van der Waals surface area contributed by atoms with Crippen LogP contribution in [-0.2, 0) is 6.42 Å². The number of rotatable bonds is 3. The molecule has 2 nitrogen and oxygen atoms in total. The number of benzene rings is 1. The molecule has 1 aromatic rings. The van der Waals surface area contributed by atoms with Crippen LogP contribution in [0.4, 0.5) is 5.69 Å². The van der Waals surface area contributed by atoms with Gasteiger partial charge in [0.15, 0.2) is 0 Å². The van der Waals surface area contributed by atoms with E-state index in [1.807, 2.05) is 0 Å². The smallest absolute Gasteiger partial charge is 0.0361 e. The third-order valence-corrected chi connectivity index (χ3v) is 3.61. The van der Waals surface area contributed by atoms with E-state index in [9.17, 15) is 0 Å².